The molecular weight excluding hydrogens is 162 g/mol. The minimum Gasteiger partial charge on any atom is -0.481 e. The second kappa shape index (κ2) is 5.29. The molecule has 0 unspecified atom stereocenters. The van der Waals surface area contributed by atoms with Crippen molar-refractivity contribution in [3.05, 3.63) is 0 Å². The Morgan fingerprint density at radius 2 is 2.08 bits per heavy atom. The molecule has 0 bridgehead atoms. The van der Waals surface area contributed by atoms with E-state index < -0.39 is 11.9 Å². The van der Waals surface area contributed by atoms with Gasteiger partial charge in [-0.15, -0.1) is 0 Å². The molecule has 0 atom stereocenters. The molecule has 0 aliphatic rings. The van der Waals surface area contributed by atoms with Crippen molar-refractivity contribution < 1.29 is 24.0 Å². The average molecular weight is 174 g/mol. The Kier molecular flexibility index (Phi) is 4.67. The summed E-state index contributed by atoms with van der Waals surface area (Å²) in [5, 5.41) is 8.21. The molecule has 0 saturated heterocycles. The van der Waals surface area contributed by atoms with Gasteiger partial charge in [-0.25, -0.2) is 4.58 Å². The van der Waals surface area contributed by atoms with E-state index in [1.807, 2.05) is 0 Å². The van der Waals surface area contributed by atoms with Gasteiger partial charge < -0.3 is 9.84 Å². The molecule has 0 fully saturated rings. The number of ether oxygens (including phenoxy) is 1. The highest BCUT2D eigenvalue weighted by Crippen LogP contribution is 1.92. The average Bonchev–Trinajstić information content (AvgIpc) is 1.96. The van der Waals surface area contributed by atoms with Crippen LogP contribution in [0.4, 0.5) is 0 Å². The van der Waals surface area contributed by atoms with Gasteiger partial charge in [-0.2, -0.15) is 0 Å². The van der Waals surface area contributed by atoms with Crippen LogP contribution in [0.2, 0.25) is 0 Å². The van der Waals surface area contributed by atoms with Crippen molar-refractivity contribution in [1.82, 2.24) is 0 Å². The highest BCUT2D eigenvalue weighted by molar-refractivity contribution is 5.76. The second-order valence-corrected chi connectivity index (χ2v) is 2.40. The topological polar surface area (TPSA) is 66.6 Å². The molecule has 68 valence electrons. The van der Waals surface area contributed by atoms with Crippen molar-refractivity contribution in [2.24, 2.45) is 0 Å². The van der Waals surface area contributed by atoms with Gasteiger partial charge in [0.1, 0.15) is 13.8 Å². The first-order valence-electron chi connectivity index (χ1n) is 3.41. The Hall–Kier alpha value is -1.39. The molecule has 1 N–H and O–H groups in total. The summed E-state index contributed by atoms with van der Waals surface area (Å²) in [5.41, 5.74) is 0. The van der Waals surface area contributed by atoms with E-state index in [2.05, 4.69) is 11.5 Å². The Morgan fingerprint density at radius 3 is 2.50 bits per heavy atom. The number of carbonyl (C=O) groups is 2. The molecule has 0 amide bonds. The van der Waals surface area contributed by atoms with Gasteiger partial charge in [-0.1, -0.05) is 0 Å². The lowest BCUT2D eigenvalue weighted by Crippen LogP contribution is -2.14. The molecule has 0 spiro atoms. The normalized spacial score (nSPS) is 9.08. The SMILES string of the molecule is C=[N+](C)COC(=O)CCC(=O)O. The zero-order valence-electron chi connectivity index (χ0n) is 6.95. The maximum absolute atomic E-state index is 10.7. The fourth-order valence-corrected chi connectivity index (χ4v) is 0.463. The van der Waals surface area contributed by atoms with Gasteiger partial charge >= 0.3 is 11.9 Å². The van der Waals surface area contributed by atoms with Crippen LogP contribution in [-0.2, 0) is 14.3 Å². The van der Waals surface area contributed by atoms with E-state index in [0.29, 0.717) is 0 Å². The minimum absolute atomic E-state index is 0.0818. The van der Waals surface area contributed by atoms with Crippen LogP contribution >= 0.6 is 0 Å². The monoisotopic (exact) mass is 174 g/mol. The Balaban J connectivity index is 3.47. The van der Waals surface area contributed by atoms with Crippen molar-refractivity contribution in [2.45, 2.75) is 12.8 Å². The van der Waals surface area contributed by atoms with E-state index >= 15 is 0 Å². The van der Waals surface area contributed by atoms with Crippen molar-refractivity contribution in [3.63, 3.8) is 0 Å². The molecule has 12 heavy (non-hydrogen) atoms. The Labute approximate surface area is 70.3 Å². The lowest BCUT2D eigenvalue weighted by atomic mass is 10.3. The van der Waals surface area contributed by atoms with Gasteiger partial charge in [0.25, 0.3) is 6.73 Å². The summed E-state index contributed by atoms with van der Waals surface area (Å²) in [6.45, 7) is 3.53. The lowest BCUT2D eigenvalue weighted by molar-refractivity contribution is -0.526. The number of esters is 1. The minimum atomic E-state index is -1.00. The quantitative estimate of drug-likeness (QED) is 0.269. The van der Waals surface area contributed by atoms with Crippen LogP contribution in [0.15, 0.2) is 0 Å². The molecule has 0 radical (unpaired) electrons. The summed E-state index contributed by atoms with van der Waals surface area (Å²) in [6.07, 6.45) is -0.289. The maximum atomic E-state index is 10.7. The zero-order chi connectivity index (χ0) is 9.56. The second-order valence-electron chi connectivity index (χ2n) is 2.40. The summed E-state index contributed by atoms with van der Waals surface area (Å²) in [6, 6.07) is 0. The van der Waals surface area contributed by atoms with E-state index in [-0.39, 0.29) is 19.6 Å². The first kappa shape index (κ1) is 10.6. The largest absolute Gasteiger partial charge is 0.481 e. The molecular formula is C7H12NO4+. The number of carboxylic acid groups (broad SMARTS) is 1. The van der Waals surface area contributed by atoms with Gasteiger partial charge in [-0.3, -0.25) is 9.59 Å². The molecule has 5 heteroatoms. The maximum Gasteiger partial charge on any atom is 0.311 e. The van der Waals surface area contributed by atoms with Crippen LogP contribution in [0.3, 0.4) is 0 Å². The summed E-state index contributed by atoms with van der Waals surface area (Å²) < 4.78 is 6.04. The predicted molar refractivity (Wildman–Crippen MR) is 41.1 cm³/mol. The highest BCUT2D eigenvalue weighted by atomic mass is 16.5. The third-order valence-electron chi connectivity index (χ3n) is 0.989. The Morgan fingerprint density at radius 1 is 1.50 bits per heavy atom. The number of rotatable bonds is 5. The van der Waals surface area contributed by atoms with Gasteiger partial charge in [-0.05, 0) is 0 Å². The number of hydrogen-bond donors (Lipinski definition) is 1. The Bertz CT molecular complexity index is 180. The van der Waals surface area contributed by atoms with Crippen LogP contribution in [0.1, 0.15) is 12.8 Å². The van der Waals surface area contributed by atoms with Crippen LogP contribution < -0.4 is 0 Å². The number of carboxylic acids is 1. The van der Waals surface area contributed by atoms with Crippen molar-refractivity contribution in [3.8, 4) is 0 Å². The smallest absolute Gasteiger partial charge is 0.311 e. The molecule has 0 aromatic carbocycles. The third-order valence-corrected chi connectivity index (χ3v) is 0.989. The van der Waals surface area contributed by atoms with Crippen LogP contribution in [0, 0.1) is 0 Å². The van der Waals surface area contributed by atoms with E-state index in [9.17, 15) is 9.59 Å². The highest BCUT2D eigenvalue weighted by Gasteiger charge is 2.07. The predicted octanol–water partition coefficient (Wildman–Crippen LogP) is -0.305. The lowest BCUT2D eigenvalue weighted by Gasteiger charge is -1.98. The fraction of sp³-hybridized carbons (Fsp3) is 0.571. The van der Waals surface area contributed by atoms with Crippen LogP contribution in [0.5, 0.6) is 0 Å². The zero-order valence-corrected chi connectivity index (χ0v) is 6.95. The molecule has 0 aromatic rings. The van der Waals surface area contributed by atoms with E-state index in [1.54, 1.807) is 7.05 Å². The van der Waals surface area contributed by atoms with Gasteiger partial charge in [0, 0.05) is 0 Å². The van der Waals surface area contributed by atoms with Gasteiger partial charge in [0.15, 0.2) is 0 Å². The van der Waals surface area contributed by atoms with E-state index in [0.717, 1.165) is 0 Å². The van der Waals surface area contributed by atoms with E-state index in [4.69, 9.17) is 5.11 Å². The standard InChI is InChI=1S/C7H11NO4/c1-8(2)5-12-7(11)4-3-6(9)10/h1,3-5H2,2H3/p+1. The summed E-state index contributed by atoms with van der Waals surface area (Å²) in [7, 11) is 1.64. The summed E-state index contributed by atoms with van der Waals surface area (Å²) >= 11 is 0. The molecule has 0 rings (SSSR count). The molecule has 5 nitrogen and oxygen atoms in total. The van der Waals surface area contributed by atoms with Gasteiger partial charge in [0.2, 0.25) is 0 Å². The number of nitrogens with zero attached hydrogens (tertiary/aromatic N) is 1. The molecule has 0 heterocycles. The molecule has 0 aromatic heterocycles. The van der Waals surface area contributed by atoms with Crippen molar-refractivity contribution in [1.29, 1.82) is 0 Å². The van der Waals surface area contributed by atoms with Gasteiger partial charge in [0.05, 0.1) is 12.8 Å². The molecule has 0 saturated carbocycles. The van der Waals surface area contributed by atoms with Crippen molar-refractivity contribution >= 4 is 18.7 Å². The fourth-order valence-electron chi connectivity index (χ4n) is 0.463. The first-order chi connectivity index (χ1) is 5.52. The van der Waals surface area contributed by atoms with Crippen LogP contribution in [0.25, 0.3) is 0 Å². The van der Waals surface area contributed by atoms with E-state index in [1.165, 1.54) is 4.58 Å². The van der Waals surface area contributed by atoms with Crippen LogP contribution in [-0.4, -0.2) is 42.1 Å². The summed E-state index contributed by atoms with van der Waals surface area (Å²) in [4.78, 5) is 20.7. The number of carbonyl (C=O) groups excluding carboxylic acids is 1. The number of hydrogen-bond acceptors (Lipinski definition) is 3. The molecule has 0 aliphatic heterocycles. The number of aliphatic carboxylic acids is 1. The summed E-state index contributed by atoms with van der Waals surface area (Å²) in [5.74, 6) is -1.53. The molecule has 0 aliphatic carbocycles. The third kappa shape index (κ3) is 6.73. The van der Waals surface area contributed by atoms with Crippen molar-refractivity contribution in [2.75, 3.05) is 13.8 Å². The first-order valence-corrected chi connectivity index (χ1v) is 3.41.